The highest BCUT2D eigenvalue weighted by atomic mass is 35.5. The molecule has 2 aromatic rings. The average Bonchev–Trinajstić information content (AvgIpc) is 3.16. The van der Waals surface area contributed by atoms with Gasteiger partial charge in [0.2, 0.25) is 0 Å². The Bertz CT molecular complexity index is 668. The molecule has 21 heavy (non-hydrogen) atoms. The summed E-state index contributed by atoms with van der Waals surface area (Å²) in [5.74, 6) is 0.500. The molecule has 1 aliphatic rings. The predicted octanol–water partition coefficient (Wildman–Crippen LogP) is 4.10. The first-order valence-corrected chi connectivity index (χ1v) is 7.51. The van der Waals surface area contributed by atoms with Gasteiger partial charge in [-0.05, 0) is 31.0 Å². The van der Waals surface area contributed by atoms with E-state index in [0.29, 0.717) is 29.0 Å². The SMILES string of the molecule is N#Cc1c(Cl)cccc1OCc1ccn(C2CCCC2)n1. The largest absolute Gasteiger partial charge is 0.486 e. The monoisotopic (exact) mass is 301 g/mol. The van der Waals surface area contributed by atoms with Gasteiger partial charge in [-0.1, -0.05) is 30.5 Å². The number of halogens is 1. The van der Waals surface area contributed by atoms with Crippen molar-refractivity contribution in [2.45, 2.75) is 38.3 Å². The summed E-state index contributed by atoms with van der Waals surface area (Å²) in [6.45, 7) is 0.342. The summed E-state index contributed by atoms with van der Waals surface area (Å²) < 4.78 is 7.72. The summed E-state index contributed by atoms with van der Waals surface area (Å²) in [5, 5.41) is 14.1. The van der Waals surface area contributed by atoms with Gasteiger partial charge in [0.1, 0.15) is 24.0 Å². The number of aromatic nitrogens is 2. The minimum atomic E-state index is 0.342. The van der Waals surface area contributed by atoms with Gasteiger partial charge < -0.3 is 4.74 Å². The summed E-state index contributed by atoms with van der Waals surface area (Å²) in [7, 11) is 0. The maximum Gasteiger partial charge on any atom is 0.139 e. The van der Waals surface area contributed by atoms with Crippen molar-refractivity contribution in [2.24, 2.45) is 0 Å². The fourth-order valence-corrected chi connectivity index (χ4v) is 2.92. The maximum absolute atomic E-state index is 9.11. The van der Waals surface area contributed by atoms with Gasteiger partial charge in [0, 0.05) is 6.20 Å². The molecule has 1 aromatic heterocycles. The highest BCUT2D eigenvalue weighted by Gasteiger charge is 2.17. The first kappa shape index (κ1) is 14.0. The Morgan fingerprint density at radius 2 is 2.14 bits per heavy atom. The van der Waals surface area contributed by atoms with Crippen LogP contribution in [0.25, 0.3) is 0 Å². The molecular formula is C16H16ClN3O. The summed E-state index contributed by atoms with van der Waals surface area (Å²) >= 11 is 5.98. The van der Waals surface area contributed by atoms with E-state index in [4.69, 9.17) is 21.6 Å². The number of nitrogens with zero attached hydrogens (tertiary/aromatic N) is 3. The van der Waals surface area contributed by atoms with E-state index < -0.39 is 0 Å². The summed E-state index contributed by atoms with van der Waals surface area (Å²) in [6.07, 6.45) is 6.98. The van der Waals surface area contributed by atoms with Gasteiger partial charge in [0.25, 0.3) is 0 Å². The molecule has 108 valence electrons. The molecule has 0 unspecified atom stereocenters. The predicted molar refractivity (Wildman–Crippen MR) is 80.2 cm³/mol. The van der Waals surface area contributed by atoms with Gasteiger partial charge in [-0.15, -0.1) is 0 Å². The van der Waals surface area contributed by atoms with Crippen LogP contribution in [0.15, 0.2) is 30.5 Å². The van der Waals surface area contributed by atoms with Crippen molar-refractivity contribution in [3.05, 3.63) is 46.7 Å². The van der Waals surface area contributed by atoms with Crippen LogP contribution in [0, 0.1) is 11.3 Å². The van der Waals surface area contributed by atoms with Gasteiger partial charge in [-0.25, -0.2) is 0 Å². The molecule has 3 rings (SSSR count). The molecule has 0 aliphatic heterocycles. The molecule has 1 saturated carbocycles. The first-order chi connectivity index (χ1) is 10.3. The van der Waals surface area contributed by atoms with Gasteiger partial charge in [-0.2, -0.15) is 10.4 Å². The molecule has 0 radical (unpaired) electrons. The van der Waals surface area contributed by atoms with E-state index in [1.165, 1.54) is 25.7 Å². The number of nitriles is 1. The van der Waals surface area contributed by atoms with E-state index in [2.05, 4.69) is 11.2 Å². The molecular weight excluding hydrogens is 286 g/mol. The Labute approximate surface area is 128 Å². The Morgan fingerprint density at radius 3 is 2.90 bits per heavy atom. The fraction of sp³-hybridized carbons (Fsp3) is 0.375. The van der Waals surface area contributed by atoms with Crippen LogP contribution in [0.3, 0.4) is 0 Å². The third-order valence-electron chi connectivity index (χ3n) is 3.83. The Kier molecular flexibility index (Phi) is 4.12. The van der Waals surface area contributed by atoms with Crippen LogP contribution < -0.4 is 4.74 Å². The molecule has 1 heterocycles. The van der Waals surface area contributed by atoms with Crippen LogP contribution in [-0.4, -0.2) is 9.78 Å². The highest BCUT2D eigenvalue weighted by molar-refractivity contribution is 6.31. The van der Waals surface area contributed by atoms with Gasteiger partial charge in [-0.3, -0.25) is 4.68 Å². The molecule has 0 bridgehead atoms. The second-order valence-corrected chi connectivity index (χ2v) is 5.65. The molecule has 0 spiro atoms. The third-order valence-corrected chi connectivity index (χ3v) is 4.14. The van der Waals surface area contributed by atoms with Crippen molar-refractivity contribution in [3.8, 4) is 11.8 Å². The molecule has 5 heteroatoms. The topological polar surface area (TPSA) is 50.8 Å². The normalized spacial score (nSPS) is 15.0. The van der Waals surface area contributed by atoms with Crippen LogP contribution in [0.4, 0.5) is 0 Å². The van der Waals surface area contributed by atoms with E-state index in [-0.39, 0.29) is 0 Å². The van der Waals surface area contributed by atoms with Crippen molar-refractivity contribution >= 4 is 11.6 Å². The zero-order valence-corrected chi connectivity index (χ0v) is 12.4. The van der Waals surface area contributed by atoms with Gasteiger partial charge in [0.15, 0.2) is 0 Å². The Balaban J connectivity index is 1.68. The number of benzene rings is 1. The number of ether oxygens (including phenoxy) is 1. The van der Waals surface area contributed by atoms with Crippen molar-refractivity contribution in [2.75, 3.05) is 0 Å². The van der Waals surface area contributed by atoms with E-state index in [1.807, 2.05) is 16.9 Å². The highest BCUT2D eigenvalue weighted by Crippen LogP contribution is 2.29. The molecule has 0 atom stereocenters. The van der Waals surface area contributed by atoms with Crippen LogP contribution in [0.1, 0.15) is 43.0 Å². The van der Waals surface area contributed by atoms with E-state index in [9.17, 15) is 0 Å². The second-order valence-electron chi connectivity index (χ2n) is 5.24. The van der Waals surface area contributed by atoms with Crippen molar-refractivity contribution in [1.82, 2.24) is 9.78 Å². The van der Waals surface area contributed by atoms with Crippen molar-refractivity contribution in [1.29, 1.82) is 5.26 Å². The molecule has 1 aromatic carbocycles. The van der Waals surface area contributed by atoms with E-state index in [0.717, 1.165) is 5.69 Å². The van der Waals surface area contributed by atoms with Crippen LogP contribution in [0.2, 0.25) is 5.02 Å². The molecule has 1 fully saturated rings. The summed E-state index contributed by atoms with van der Waals surface area (Å²) in [6, 6.07) is 9.77. The van der Waals surface area contributed by atoms with Crippen molar-refractivity contribution < 1.29 is 4.74 Å². The molecule has 0 N–H and O–H groups in total. The average molecular weight is 302 g/mol. The van der Waals surface area contributed by atoms with Crippen LogP contribution in [0.5, 0.6) is 5.75 Å². The van der Waals surface area contributed by atoms with Gasteiger partial charge >= 0.3 is 0 Å². The summed E-state index contributed by atoms with van der Waals surface area (Å²) in [4.78, 5) is 0. The zero-order valence-electron chi connectivity index (χ0n) is 11.6. The maximum atomic E-state index is 9.11. The minimum absolute atomic E-state index is 0.342. The van der Waals surface area contributed by atoms with Crippen LogP contribution in [-0.2, 0) is 6.61 Å². The first-order valence-electron chi connectivity index (χ1n) is 7.13. The second kappa shape index (κ2) is 6.19. The number of hydrogen-bond acceptors (Lipinski definition) is 3. The van der Waals surface area contributed by atoms with Gasteiger partial charge in [0.05, 0.1) is 16.8 Å². The third kappa shape index (κ3) is 3.03. The fourth-order valence-electron chi connectivity index (χ4n) is 2.71. The number of rotatable bonds is 4. The van der Waals surface area contributed by atoms with E-state index >= 15 is 0 Å². The molecule has 4 nitrogen and oxygen atoms in total. The van der Waals surface area contributed by atoms with E-state index in [1.54, 1.807) is 18.2 Å². The minimum Gasteiger partial charge on any atom is -0.486 e. The lowest BCUT2D eigenvalue weighted by atomic mass is 10.2. The molecule has 1 aliphatic carbocycles. The standard InChI is InChI=1S/C16H16ClN3O/c17-15-6-3-7-16(14(15)10-18)21-11-12-8-9-20(19-12)13-4-1-2-5-13/h3,6-9,13H,1-2,4-5,11H2. The lowest BCUT2D eigenvalue weighted by molar-refractivity contribution is 0.297. The Morgan fingerprint density at radius 1 is 1.33 bits per heavy atom. The lowest BCUT2D eigenvalue weighted by Gasteiger charge is -2.09. The zero-order chi connectivity index (χ0) is 14.7. The quantitative estimate of drug-likeness (QED) is 0.854. The Hall–Kier alpha value is -1.99. The molecule has 0 saturated heterocycles. The number of hydrogen-bond donors (Lipinski definition) is 0. The smallest absolute Gasteiger partial charge is 0.139 e. The van der Waals surface area contributed by atoms with Crippen LogP contribution >= 0.6 is 11.6 Å². The molecule has 0 amide bonds. The summed E-state index contributed by atoms with van der Waals surface area (Å²) in [5.41, 5.74) is 1.24. The van der Waals surface area contributed by atoms with Crippen molar-refractivity contribution in [3.63, 3.8) is 0 Å². The lowest BCUT2D eigenvalue weighted by Crippen LogP contribution is -2.06.